The lowest BCUT2D eigenvalue weighted by molar-refractivity contribution is -0.118. The van der Waals surface area contributed by atoms with Crippen LogP contribution in [0, 0.1) is 0 Å². The van der Waals surface area contributed by atoms with Crippen molar-refractivity contribution in [2.24, 2.45) is 4.99 Å². The molecule has 2 aromatic carbocycles. The number of amidine groups is 1. The summed E-state index contributed by atoms with van der Waals surface area (Å²) in [5.41, 5.74) is 1.79. The number of nitrogens with one attached hydrogen (secondary N) is 2. The Morgan fingerprint density at radius 3 is 2.59 bits per heavy atom. The molecule has 0 saturated heterocycles. The van der Waals surface area contributed by atoms with Crippen molar-refractivity contribution in [1.82, 2.24) is 5.32 Å². The molecule has 112 valence electrons. The molecule has 0 spiro atoms. The van der Waals surface area contributed by atoms with Crippen molar-refractivity contribution in [3.05, 3.63) is 60.2 Å². The number of amides is 1. The predicted molar refractivity (Wildman–Crippen MR) is 86.4 cm³/mol. The zero-order valence-corrected chi connectivity index (χ0v) is 12.1. The zero-order chi connectivity index (χ0) is 15.2. The molecule has 22 heavy (non-hydrogen) atoms. The Morgan fingerprint density at radius 1 is 1.14 bits per heavy atom. The van der Waals surface area contributed by atoms with Gasteiger partial charge >= 0.3 is 0 Å². The fraction of sp³-hybridized carbons (Fsp3) is 0.176. The molecule has 0 fully saturated rings. The zero-order valence-electron chi connectivity index (χ0n) is 12.1. The maximum Gasteiger partial charge on any atom is 0.262 e. The van der Waals surface area contributed by atoms with Crippen LogP contribution in [0.4, 0.5) is 5.69 Å². The Labute approximate surface area is 129 Å². The maximum atomic E-state index is 11.8. The maximum absolute atomic E-state index is 11.8. The van der Waals surface area contributed by atoms with Gasteiger partial charge in [-0.15, -0.1) is 0 Å². The Hall–Kier alpha value is -2.82. The van der Waals surface area contributed by atoms with E-state index in [4.69, 9.17) is 4.74 Å². The fourth-order valence-corrected chi connectivity index (χ4v) is 2.17. The van der Waals surface area contributed by atoms with E-state index in [0.29, 0.717) is 5.75 Å². The molecule has 3 rings (SSSR count). The van der Waals surface area contributed by atoms with Crippen LogP contribution in [0.5, 0.6) is 5.75 Å². The number of hydrogen-bond acceptors (Lipinski definition) is 4. The highest BCUT2D eigenvalue weighted by Crippen LogP contribution is 2.13. The number of carbonyl (C=O) groups excluding carboxylic acids is 1. The summed E-state index contributed by atoms with van der Waals surface area (Å²) in [4.78, 5) is 16.2. The number of hydrogen-bond donors (Lipinski definition) is 2. The molecule has 0 unspecified atom stereocenters. The summed E-state index contributed by atoms with van der Waals surface area (Å²) >= 11 is 0. The van der Waals surface area contributed by atoms with Gasteiger partial charge in [0.05, 0.1) is 6.54 Å². The highest BCUT2D eigenvalue weighted by atomic mass is 16.5. The van der Waals surface area contributed by atoms with Crippen LogP contribution in [0.1, 0.15) is 5.56 Å². The number of benzene rings is 2. The Balaban J connectivity index is 1.52. The molecular formula is C17H17N3O2. The molecule has 0 saturated carbocycles. The van der Waals surface area contributed by atoms with Crippen LogP contribution in [0.15, 0.2) is 59.6 Å². The molecule has 2 aromatic rings. The topological polar surface area (TPSA) is 62.7 Å². The number of para-hydroxylation sites is 1. The smallest absolute Gasteiger partial charge is 0.262 e. The number of ether oxygens (including phenoxy) is 1. The van der Waals surface area contributed by atoms with E-state index < -0.39 is 0 Å². The number of aliphatic imine (C=N–C) groups is 1. The van der Waals surface area contributed by atoms with E-state index in [1.807, 2.05) is 54.6 Å². The molecule has 5 heteroatoms. The van der Waals surface area contributed by atoms with E-state index in [1.165, 1.54) is 0 Å². The van der Waals surface area contributed by atoms with Crippen LogP contribution in [-0.4, -0.2) is 31.4 Å². The summed E-state index contributed by atoms with van der Waals surface area (Å²) in [6.45, 7) is 1.67. The second kappa shape index (κ2) is 6.76. The first-order chi connectivity index (χ1) is 10.8. The molecule has 0 atom stereocenters. The van der Waals surface area contributed by atoms with Crippen LogP contribution in [-0.2, 0) is 4.79 Å². The lowest BCUT2D eigenvalue weighted by Crippen LogP contribution is -2.20. The normalized spacial score (nSPS) is 13.2. The molecule has 0 bridgehead atoms. The second-order valence-electron chi connectivity index (χ2n) is 4.88. The molecule has 1 aliphatic rings. The first-order valence-electron chi connectivity index (χ1n) is 7.18. The number of carbonyl (C=O) groups is 1. The molecule has 5 nitrogen and oxygen atoms in total. The van der Waals surface area contributed by atoms with Crippen molar-refractivity contribution in [1.29, 1.82) is 0 Å². The van der Waals surface area contributed by atoms with Crippen molar-refractivity contribution in [2.45, 2.75) is 0 Å². The van der Waals surface area contributed by atoms with Crippen LogP contribution in [0.3, 0.4) is 0 Å². The van der Waals surface area contributed by atoms with Crippen LogP contribution < -0.4 is 15.4 Å². The predicted octanol–water partition coefficient (Wildman–Crippen LogP) is 2.05. The van der Waals surface area contributed by atoms with Crippen molar-refractivity contribution in [3.8, 4) is 5.75 Å². The SMILES string of the molecule is O=C(COc1ccc(C2=NCCN2)cc1)Nc1ccccc1. The van der Waals surface area contributed by atoms with E-state index in [2.05, 4.69) is 15.6 Å². The van der Waals surface area contributed by atoms with Gasteiger partial charge in [0, 0.05) is 17.8 Å². The fourth-order valence-electron chi connectivity index (χ4n) is 2.17. The average Bonchev–Trinajstić information content (AvgIpc) is 3.09. The van der Waals surface area contributed by atoms with Gasteiger partial charge in [-0.05, 0) is 36.4 Å². The third-order valence-electron chi connectivity index (χ3n) is 3.23. The van der Waals surface area contributed by atoms with E-state index in [1.54, 1.807) is 0 Å². The summed E-state index contributed by atoms with van der Waals surface area (Å²) in [5.74, 6) is 1.39. The van der Waals surface area contributed by atoms with Crippen molar-refractivity contribution in [3.63, 3.8) is 0 Å². The highest BCUT2D eigenvalue weighted by Gasteiger charge is 2.08. The molecule has 0 aromatic heterocycles. The van der Waals surface area contributed by atoms with Gasteiger partial charge in [-0.3, -0.25) is 9.79 Å². The summed E-state index contributed by atoms with van der Waals surface area (Å²) in [5, 5.41) is 5.99. The molecule has 1 amide bonds. The standard InChI is InChI=1S/C17H17N3O2/c21-16(20-14-4-2-1-3-5-14)12-22-15-8-6-13(7-9-15)17-18-10-11-19-17/h1-9H,10-12H2,(H,18,19)(H,20,21). The van der Waals surface area contributed by atoms with E-state index in [9.17, 15) is 4.79 Å². The van der Waals surface area contributed by atoms with E-state index in [-0.39, 0.29) is 12.5 Å². The largest absolute Gasteiger partial charge is 0.484 e. The monoisotopic (exact) mass is 295 g/mol. The van der Waals surface area contributed by atoms with Gasteiger partial charge in [0.2, 0.25) is 0 Å². The third kappa shape index (κ3) is 3.63. The van der Waals surface area contributed by atoms with Gasteiger partial charge in [0.15, 0.2) is 6.61 Å². The van der Waals surface area contributed by atoms with Crippen molar-refractivity contribution < 1.29 is 9.53 Å². The van der Waals surface area contributed by atoms with Gasteiger partial charge in [-0.1, -0.05) is 18.2 Å². The number of anilines is 1. The second-order valence-corrected chi connectivity index (χ2v) is 4.88. The third-order valence-corrected chi connectivity index (χ3v) is 3.23. The lowest BCUT2D eigenvalue weighted by Gasteiger charge is -2.08. The Bertz CT molecular complexity index is 666. The molecule has 2 N–H and O–H groups in total. The van der Waals surface area contributed by atoms with Gasteiger partial charge in [-0.25, -0.2) is 0 Å². The lowest BCUT2D eigenvalue weighted by atomic mass is 10.2. The quantitative estimate of drug-likeness (QED) is 0.887. The Morgan fingerprint density at radius 2 is 1.91 bits per heavy atom. The van der Waals surface area contributed by atoms with Gasteiger partial charge in [0.25, 0.3) is 5.91 Å². The molecule has 1 aliphatic heterocycles. The van der Waals surface area contributed by atoms with Crippen LogP contribution >= 0.6 is 0 Å². The average molecular weight is 295 g/mol. The Kier molecular flexibility index (Phi) is 4.34. The first kappa shape index (κ1) is 14.1. The summed E-state index contributed by atoms with van der Waals surface area (Å²) < 4.78 is 5.49. The number of rotatable bonds is 5. The molecule has 0 radical (unpaired) electrons. The minimum atomic E-state index is -0.183. The first-order valence-corrected chi connectivity index (χ1v) is 7.18. The van der Waals surface area contributed by atoms with E-state index in [0.717, 1.165) is 30.2 Å². The highest BCUT2D eigenvalue weighted by molar-refractivity contribution is 5.99. The van der Waals surface area contributed by atoms with Crippen molar-refractivity contribution >= 4 is 17.4 Å². The molecule has 0 aliphatic carbocycles. The van der Waals surface area contributed by atoms with Gasteiger partial charge in [-0.2, -0.15) is 0 Å². The number of nitrogens with zero attached hydrogens (tertiary/aromatic N) is 1. The van der Waals surface area contributed by atoms with Crippen molar-refractivity contribution in [2.75, 3.05) is 25.0 Å². The van der Waals surface area contributed by atoms with Crippen LogP contribution in [0.2, 0.25) is 0 Å². The minimum absolute atomic E-state index is 0.0204. The molecular weight excluding hydrogens is 278 g/mol. The molecule has 1 heterocycles. The summed E-state index contributed by atoms with van der Waals surface area (Å²) in [6, 6.07) is 16.9. The summed E-state index contributed by atoms with van der Waals surface area (Å²) in [7, 11) is 0. The summed E-state index contributed by atoms with van der Waals surface area (Å²) in [6.07, 6.45) is 0. The van der Waals surface area contributed by atoms with Crippen LogP contribution in [0.25, 0.3) is 0 Å². The van der Waals surface area contributed by atoms with Gasteiger partial charge < -0.3 is 15.4 Å². The van der Waals surface area contributed by atoms with E-state index >= 15 is 0 Å². The minimum Gasteiger partial charge on any atom is -0.484 e. The van der Waals surface area contributed by atoms with Gasteiger partial charge in [0.1, 0.15) is 11.6 Å².